The second-order valence-electron chi connectivity index (χ2n) is 15.7. The van der Waals surface area contributed by atoms with Crippen LogP contribution in [0, 0.1) is 0 Å². The molecule has 1 rings (SSSR count). The van der Waals surface area contributed by atoms with Gasteiger partial charge in [-0.3, -0.25) is 58.8 Å². The van der Waals surface area contributed by atoms with E-state index in [9.17, 15) is 69.0 Å². The first-order chi connectivity index (χ1) is 31.7. The average Bonchev–Trinajstić information content (AvgIpc) is 3.27. The van der Waals surface area contributed by atoms with Crippen LogP contribution in [-0.4, -0.2) is 199 Å². The Morgan fingerprint density at radius 2 is 0.761 bits per heavy atom. The Hall–Kier alpha value is -5.87. The molecule has 0 bridgehead atoms. The fraction of sp³-hybridized carbons (Fsp3) is 0.634. The van der Waals surface area contributed by atoms with Crippen LogP contribution >= 0.6 is 0 Å². The van der Waals surface area contributed by atoms with Gasteiger partial charge in [-0.15, -0.1) is 0 Å². The first-order valence-corrected chi connectivity index (χ1v) is 21.6. The number of aliphatic hydroxyl groups excluding tert-OH is 5. The Morgan fingerprint density at radius 1 is 0.478 bits per heavy atom. The van der Waals surface area contributed by atoms with E-state index in [1.54, 1.807) is 20.8 Å². The van der Waals surface area contributed by atoms with E-state index < -0.39 is 110 Å². The van der Waals surface area contributed by atoms with Crippen LogP contribution in [0.25, 0.3) is 0 Å². The molecule has 378 valence electrons. The molecule has 0 aromatic heterocycles. The summed E-state index contributed by atoms with van der Waals surface area (Å²) in [6.07, 6.45) is 2.21. The smallest absolute Gasteiger partial charge is 0.269 e. The molecule has 26 nitrogen and oxygen atoms in total. The van der Waals surface area contributed by atoms with Crippen molar-refractivity contribution in [2.24, 2.45) is 0 Å². The molecule has 0 radical (unpaired) electrons. The molecular weight excluding hydrogens is 890 g/mol. The Morgan fingerprint density at radius 3 is 1.07 bits per heavy atom. The van der Waals surface area contributed by atoms with Gasteiger partial charge in [0.05, 0.1) is 19.8 Å². The van der Waals surface area contributed by atoms with Gasteiger partial charge in [0.1, 0.15) is 30.2 Å². The van der Waals surface area contributed by atoms with E-state index in [1.807, 2.05) is 0 Å². The van der Waals surface area contributed by atoms with Crippen molar-refractivity contribution >= 4 is 53.2 Å². The fourth-order valence-corrected chi connectivity index (χ4v) is 6.09. The van der Waals surface area contributed by atoms with E-state index in [0.29, 0.717) is 31.9 Å². The van der Waals surface area contributed by atoms with Crippen LogP contribution in [0.1, 0.15) is 78.6 Å². The Labute approximate surface area is 387 Å². The summed E-state index contributed by atoms with van der Waals surface area (Å²) < 4.78 is 0. The van der Waals surface area contributed by atoms with Crippen molar-refractivity contribution in [3.63, 3.8) is 0 Å². The molecule has 0 aromatic rings. The number of hydrogen-bond acceptors (Lipinski definition) is 17. The van der Waals surface area contributed by atoms with Crippen molar-refractivity contribution < 1.29 is 84.3 Å². The van der Waals surface area contributed by atoms with E-state index in [1.165, 1.54) is 0 Å². The quantitative estimate of drug-likeness (QED) is 0.0261. The second kappa shape index (κ2) is 31.9. The normalized spacial score (nSPS) is 20.8. The molecular formula is C41H67N9O17. The number of carbonyl (C=O) groups is 9. The van der Waals surface area contributed by atoms with Gasteiger partial charge in [-0.1, -0.05) is 16.7 Å². The number of amides is 9. The van der Waals surface area contributed by atoms with Crippen molar-refractivity contribution in [3.8, 4) is 0 Å². The third-order valence-electron chi connectivity index (χ3n) is 9.95. The maximum absolute atomic E-state index is 13.7. The van der Waals surface area contributed by atoms with Crippen LogP contribution in [0.5, 0.6) is 0 Å². The topological polar surface area (TPSA) is 397 Å². The molecule has 9 amide bonds. The number of hydroxylamine groups is 6. The van der Waals surface area contributed by atoms with Crippen LogP contribution < -0.4 is 31.9 Å². The maximum Gasteiger partial charge on any atom is 0.269 e. The van der Waals surface area contributed by atoms with Gasteiger partial charge < -0.3 is 57.4 Å². The lowest BCUT2D eigenvalue weighted by molar-refractivity contribution is -0.160. The first kappa shape index (κ1) is 59.1. The van der Waals surface area contributed by atoms with E-state index in [2.05, 4.69) is 31.9 Å². The zero-order chi connectivity index (χ0) is 50.6. The molecule has 14 N–H and O–H groups in total. The summed E-state index contributed by atoms with van der Waals surface area (Å²) in [5.74, 6) is -9.03. The van der Waals surface area contributed by atoms with Gasteiger partial charge in [0.15, 0.2) is 0 Å². The lowest BCUT2D eigenvalue weighted by atomic mass is 10.1. The van der Waals surface area contributed by atoms with Crippen molar-refractivity contribution in [2.75, 3.05) is 59.2 Å². The van der Waals surface area contributed by atoms with E-state index in [4.69, 9.17) is 15.3 Å². The first-order valence-electron chi connectivity index (χ1n) is 21.6. The summed E-state index contributed by atoms with van der Waals surface area (Å²) in [6, 6.07) is -8.33. The van der Waals surface area contributed by atoms with Crippen LogP contribution in [0.4, 0.5) is 0 Å². The molecule has 1 fully saturated rings. The molecule has 26 heteroatoms. The summed E-state index contributed by atoms with van der Waals surface area (Å²) in [6.45, 7) is -0.222. The highest BCUT2D eigenvalue weighted by Crippen LogP contribution is 2.09. The van der Waals surface area contributed by atoms with Gasteiger partial charge in [0.2, 0.25) is 35.4 Å². The molecule has 1 saturated heterocycles. The Bertz CT molecular complexity index is 1750. The average molecular weight is 958 g/mol. The SMILES string of the molecule is C/C(=C\C(=O)N(O)CCC[C@@H]1NC(=O)CNC(=O)[C@@H](CCCN(O)C(=O)/C=C(\C)CCO)NC(=O)[C@H](CO)NC(=O)[C@@H](CCCN(O)C(=O)/C=C(\C)CCO)NC(=O)[C@H](CO)NC1=O)CCO. The lowest BCUT2D eigenvalue weighted by Crippen LogP contribution is -2.61. The molecule has 0 aliphatic carbocycles. The molecule has 0 spiro atoms. The predicted molar refractivity (Wildman–Crippen MR) is 231 cm³/mol. The van der Waals surface area contributed by atoms with Crippen LogP contribution in [0.2, 0.25) is 0 Å². The maximum atomic E-state index is 13.7. The minimum atomic E-state index is -1.80. The summed E-state index contributed by atoms with van der Waals surface area (Å²) in [5.41, 5.74) is 1.36. The third kappa shape index (κ3) is 22.9. The summed E-state index contributed by atoms with van der Waals surface area (Å²) in [4.78, 5) is 118. The molecule has 67 heavy (non-hydrogen) atoms. The molecule has 1 aliphatic heterocycles. The van der Waals surface area contributed by atoms with Gasteiger partial charge in [-0.2, -0.15) is 0 Å². The van der Waals surface area contributed by atoms with E-state index in [0.717, 1.165) is 18.2 Å². The number of rotatable bonds is 23. The molecule has 0 unspecified atom stereocenters. The summed E-state index contributed by atoms with van der Waals surface area (Å²) in [5, 5.41) is 93.3. The molecule has 0 aromatic carbocycles. The third-order valence-corrected chi connectivity index (χ3v) is 9.95. The number of carbonyl (C=O) groups excluding carboxylic acids is 9. The molecule has 1 heterocycles. The van der Waals surface area contributed by atoms with Crippen molar-refractivity contribution in [1.82, 2.24) is 47.1 Å². The van der Waals surface area contributed by atoms with Gasteiger partial charge >= 0.3 is 0 Å². The number of nitrogens with one attached hydrogen (secondary N) is 6. The minimum absolute atomic E-state index is 0.147. The summed E-state index contributed by atoms with van der Waals surface area (Å²) >= 11 is 0. The zero-order valence-corrected chi connectivity index (χ0v) is 37.9. The largest absolute Gasteiger partial charge is 0.396 e. The van der Waals surface area contributed by atoms with Crippen LogP contribution in [0.15, 0.2) is 34.9 Å². The minimum Gasteiger partial charge on any atom is -0.396 e. The molecule has 0 saturated carbocycles. The number of aliphatic hydroxyl groups is 5. The van der Waals surface area contributed by atoms with Gasteiger partial charge in [0, 0.05) is 57.7 Å². The van der Waals surface area contributed by atoms with Gasteiger partial charge in [-0.25, -0.2) is 15.2 Å². The van der Waals surface area contributed by atoms with Gasteiger partial charge in [0.25, 0.3) is 17.7 Å². The highest BCUT2D eigenvalue weighted by Gasteiger charge is 2.33. The second-order valence-corrected chi connectivity index (χ2v) is 15.7. The van der Waals surface area contributed by atoms with Crippen molar-refractivity contribution in [1.29, 1.82) is 0 Å². The molecule has 5 atom stereocenters. The van der Waals surface area contributed by atoms with Crippen molar-refractivity contribution in [3.05, 3.63) is 34.9 Å². The fourth-order valence-electron chi connectivity index (χ4n) is 6.09. The summed E-state index contributed by atoms with van der Waals surface area (Å²) in [7, 11) is 0. The van der Waals surface area contributed by atoms with E-state index in [-0.39, 0.29) is 90.7 Å². The Balaban J connectivity index is 3.56. The van der Waals surface area contributed by atoms with E-state index >= 15 is 0 Å². The van der Waals surface area contributed by atoms with Crippen LogP contribution in [0.3, 0.4) is 0 Å². The number of nitrogens with zero attached hydrogens (tertiary/aromatic N) is 3. The molecule has 1 aliphatic rings. The predicted octanol–water partition coefficient (Wildman–Crippen LogP) is -4.50. The zero-order valence-electron chi connectivity index (χ0n) is 37.9. The Kier molecular flexibility index (Phi) is 28.2. The number of hydrogen-bond donors (Lipinski definition) is 14. The van der Waals surface area contributed by atoms with Gasteiger partial charge in [-0.05, 0) is 78.6 Å². The monoisotopic (exact) mass is 957 g/mol. The highest BCUT2D eigenvalue weighted by molar-refractivity contribution is 5.97. The highest BCUT2D eigenvalue weighted by atomic mass is 16.5. The lowest BCUT2D eigenvalue weighted by Gasteiger charge is -2.27. The van der Waals surface area contributed by atoms with Crippen molar-refractivity contribution in [2.45, 2.75) is 109 Å². The van der Waals surface area contributed by atoms with Crippen LogP contribution in [-0.2, 0) is 43.2 Å². The standard InChI is InChI=1S/C41H67N9O17/c1-25(10-16-51)19-34(57)48(65)13-4-7-28-37(60)42-22-33(56)43-29(8-5-14-49(66)35(58)20-26(2)11-17-52)38(61)46-32(24-55)41(64)45-30(39(62)47-31(23-54)40(63)44-28)9-6-15-50(67)36(59)21-27(3)12-18-53/h19-21,28-32,51-55,65-67H,4-18,22-24H2,1-3H3,(H,42,60)(H,43,56)(H,44,63)(H,45,64)(H,46,61)(H,47,62)/b25-19+,26-20+,27-21+/t28-,29+,30-,31+,32+/m1/s1.